The third kappa shape index (κ3) is 4.38. The Hall–Kier alpha value is -3.52. The maximum Gasteiger partial charge on any atom is 0.251 e. The second kappa shape index (κ2) is 8.46. The van der Waals surface area contributed by atoms with Crippen LogP contribution in [0, 0.1) is 0 Å². The smallest absolute Gasteiger partial charge is 0.251 e. The summed E-state index contributed by atoms with van der Waals surface area (Å²) < 4.78 is 10.9. The van der Waals surface area contributed by atoms with Gasteiger partial charge in [0, 0.05) is 23.5 Å². The molecule has 3 N–H and O–H groups in total. The molecule has 8 nitrogen and oxygen atoms in total. The van der Waals surface area contributed by atoms with Crippen LogP contribution in [0.1, 0.15) is 24.2 Å². The third-order valence-electron chi connectivity index (χ3n) is 4.20. The number of hydrogen-bond acceptors (Lipinski definition) is 7. The molecular formula is C21H20ClN5O3. The van der Waals surface area contributed by atoms with Crippen LogP contribution < -0.4 is 25.4 Å². The lowest BCUT2D eigenvalue weighted by atomic mass is 10.2. The summed E-state index contributed by atoms with van der Waals surface area (Å²) in [4.78, 5) is 20.9. The van der Waals surface area contributed by atoms with Gasteiger partial charge >= 0.3 is 0 Å². The van der Waals surface area contributed by atoms with Crippen molar-refractivity contribution < 1.29 is 14.3 Å². The van der Waals surface area contributed by atoms with Gasteiger partial charge in [-0.05, 0) is 50.2 Å². The molecule has 4 rings (SSSR count). The summed E-state index contributed by atoms with van der Waals surface area (Å²) in [6.45, 7) is 3.97. The minimum atomic E-state index is -0.139. The molecule has 0 atom stereocenters. The van der Waals surface area contributed by atoms with Gasteiger partial charge in [0.15, 0.2) is 11.5 Å². The van der Waals surface area contributed by atoms with E-state index in [1.807, 2.05) is 19.9 Å². The van der Waals surface area contributed by atoms with Crippen LogP contribution in [-0.4, -0.2) is 28.7 Å². The van der Waals surface area contributed by atoms with E-state index in [2.05, 4.69) is 25.9 Å². The first-order valence-corrected chi connectivity index (χ1v) is 9.73. The molecule has 30 heavy (non-hydrogen) atoms. The number of anilines is 4. The van der Waals surface area contributed by atoms with E-state index in [0.29, 0.717) is 45.2 Å². The van der Waals surface area contributed by atoms with Crippen molar-refractivity contribution in [3.8, 4) is 11.5 Å². The highest BCUT2D eigenvalue weighted by Gasteiger charge is 2.21. The quantitative estimate of drug-likeness (QED) is 0.535. The minimum Gasteiger partial charge on any atom is -0.454 e. The number of rotatable bonds is 6. The molecule has 2 aromatic carbocycles. The fourth-order valence-electron chi connectivity index (χ4n) is 2.89. The zero-order chi connectivity index (χ0) is 21.1. The Labute approximate surface area is 178 Å². The summed E-state index contributed by atoms with van der Waals surface area (Å²) in [5, 5.41) is 9.62. The largest absolute Gasteiger partial charge is 0.454 e. The second-order valence-corrected chi connectivity index (χ2v) is 7.29. The zero-order valence-electron chi connectivity index (χ0n) is 16.4. The monoisotopic (exact) mass is 425 g/mol. The summed E-state index contributed by atoms with van der Waals surface area (Å²) in [6, 6.07) is 12.4. The number of carbonyl (C=O) groups is 1. The molecule has 0 unspecified atom stereocenters. The van der Waals surface area contributed by atoms with Gasteiger partial charge in [0.1, 0.15) is 11.5 Å². The summed E-state index contributed by atoms with van der Waals surface area (Å²) >= 11 is 6.32. The first-order valence-electron chi connectivity index (χ1n) is 9.36. The van der Waals surface area contributed by atoms with Gasteiger partial charge in [0.2, 0.25) is 12.7 Å². The van der Waals surface area contributed by atoms with E-state index in [9.17, 15) is 4.79 Å². The van der Waals surface area contributed by atoms with Gasteiger partial charge in [-0.25, -0.2) is 4.98 Å². The molecule has 0 saturated carbocycles. The Bertz CT molecular complexity index is 1090. The van der Waals surface area contributed by atoms with Crippen LogP contribution in [0.4, 0.5) is 23.1 Å². The maximum atomic E-state index is 12.2. The summed E-state index contributed by atoms with van der Waals surface area (Å²) in [5.41, 5.74) is 1.81. The molecule has 1 aliphatic rings. The summed E-state index contributed by atoms with van der Waals surface area (Å²) in [7, 11) is 0. The van der Waals surface area contributed by atoms with Crippen LogP contribution >= 0.6 is 11.6 Å². The van der Waals surface area contributed by atoms with Gasteiger partial charge < -0.3 is 25.4 Å². The van der Waals surface area contributed by atoms with E-state index >= 15 is 0 Å². The average molecular weight is 426 g/mol. The molecule has 9 heteroatoms. The van der Waals surface area contributed by atoms with Crippen molar-refractivity contribution in [2.45, 2.75) is 19.9 Å². The average Bonchev–Trinajstić information content (AvgIpc) is 3.19. The second-order valence-electron chi connectivity index (χ2n) is 6.88. The van der Waals surface area contributed by atoms with Crippen LogP contribution in [0.15, 0.2) is 48.7 Å². The Balaban J connectivity index is 1.53. The van der Waals surface area contributed by atoms with Gasteiger partial charge in [0.25, 0.3) is 5.91 Å². The van der Waals surface area contributed by atoms with Gasteiger partial charge in [-0.3, -0.25) is 4.79 Å². The van der Waals surface area contributed by atoms with E-state index in [1.165, 1.54) is 0 Å². The van der Waals surface area contributed by atoms with Crippen LogP contribution in [0.5, 0.6) is 11.5 Å². The normalized spacial score (nSPS) is 12.0. The van der Waals surface area contributed by atoms with Gasteiger partial charge in [-0.15, -0.1) is 0 Å². The van der Waals surface area contributed by atoms with Crippen molar-refractivity contribution in [3.05, 3.63) is 59.2 Å². The number of halogens is 1. The van der Waals surface area contributed by atoms with Gasteiger partial charge in [0.05, 0.1) is 5.02 Å². The molecule has 154 valence electrons. The fraction of sp³-hybridized carbons (Fsp3) is 0.190. The van der Waals surface area contributed by atoms with E-state index in [4.69, 9.17) is 21.1 Å². The minimum absolute atomic E-state index is 0.0563. The van der Waals surface area contributed by atoms with Gasteiger partial charge in [-0.1, -0.05) is 17.7 Å². The third-order valence-corrected chi connectivity index (χ3v) is 4.51. The van der Waals surface area contributed by atoms with Crippen molar-refractivity contribution in [1.29, 1.82) is 0 Å². The molecule has 0 radical (unpaired) electrons. The molecule has 2 heterocycles. The standard InChI is InChI=1S/C21H20ClN5O3/c1-12(2)24-20(28)13-4-3-5-14(10-13)25-21-23-9-8-17(27-21)26-18-15(22)6-7-16-19(18)30-11-29-16/h3-10,12H,11H2,1-2H3,(H,24,28)(H2,23,25,26,27). The predicted molar refractivity (Wildman–Crippen MR) is 115 cm³/mol. The Morgan fingerprint density at radius 1 is 1.13 bits per heavy atom. The Morgan fingerprint density at radius 3 is 2.83 bits per heavy atom. The van der Waals surface area contributed by atoms with Crippen LogP contribution in [0.2, 0.25) is 5.02 Å². The van der Waals surface area contributed by atoms with Crippen LogP contribution in [0.3, 0.4) is 0 Å². The highest BCUT2D eigenvalue weighted by Crippen LogP contribution is 2.44. The molecule has 3 aromatic rings. The first-order chi connectivity index (χ1) is 14.5. The van der Waals surface area contributed by atoms with Crippen molar-refractivity contribution >= 4 is 40.6 Å². The number of hydrogen-bond donors (Lipinski definition) is 3. The van der Waals surface area contributed by atoms with E-state index in [0.717, 1.165) is 0 Å². The predicted octanol–water partition coefficient (Wildman–Crippen LogP) is 4.48. The highest BCUT2D eigenvalue weighted by molar-refractivity contribution is 6.33. The highest BCUT2D eigenvalue weighted by atomic mass is 35.5. The Morgan fingerprint density at radius 2 is 2.00 bits per heavy atom. The molecule has 0 bridgehead atoms. The van der Waals surface area contributed by atoms with Crippen LogP contribution in [0.25, 0.3) is 0 Å². The SMILES string of the molecule is CC(C)NC(=O)c1cccc(Nc2nccc(Nc3c(Cl)ccc4c3OCO4)n2)c1. The van der Waals surface area contributed by atoms with Crippen molar-refractivity contribution in [3.63, 3.8) is 0 Å². The number of benzene rings is 2. The number of carbonyl (C=O) groups excluding carboxylic acids is 1. The molecule has 0 saturated heterocycles. The Kier molecular flexibility index (Phi) is 5.58. The molecule has 0 fully saturated rings. The topological polar surface area (TPSA) is 97.4 Å². The molecule has 0 spiro atoms. The van der Waals surface area contributed by atoms with E-state index < -0.39 is 0 Å². The lowest BCUT2D eigenvalue weighted by Crippen LogP contribution is -2.30. The molecule has 1 amide bonds. The fourth-order valence-corrected chi connectivity index (χ4v) is 3.09. The summed E-state index contributed by atoms with van der Waals surface area (Å²) in [6.07, 6.45) is 1.61. The number of aromatic nitrogens is 2. The molecular weight excluding hydrogens is 406 g/mol. The maximum absolute atomic E-state index is 12.2. The lowest BCUT2D eigenvalue weighted by Gasteiger charge is -2.12. The summed E-state index contributed by atoms with van der Waals surface area (Å²) in [5.74, 6) is 1.90. The molecule has 1 aliphatic heterocycles. The number of nitrogens with one attached hydrogen (secondary N) is 3. The van der Waals surface area contributed by atoms with Crippen LogP contribution in [-0.2, 0) is 0 Å². The van der Waals surface area contributed by atoms with Crippen molar-refractivity contribution in [2.75, 3.05) is 17.4 Å². The van der Waals surface area contributed by atoms with Crippen molar-refractivity contribution in [2.24, 2.45) is 0 Å². The number of fused-ring (bicyclic) bond motifs is 1. The number of ether oxygens (including phenoxy) is 2. The molecule has 1 aromatic heterocycles. The van der Waals surface area contributed by atoms with E-state index in [-0.39, 0.29) is 18.7 Å². The van der Waals surface area contributed by atoms with Gasteiger partial charge in [-0.2, -0.15) is 4.98 Å². The van der Waals surface area contributed by atoms with Crippen molar-refractivity contribution in [1.82, 2.24) is 15.3 Å². The molecule has 0 aliphatic carbocycles. The lowest BCUT2D eigenvalue weighted by molar-refractivity contribution is 0.0943. The zero-order valence-corrected chi connectivity index (χ0v) is 17.2. The van der Waals surface area contributed by atoms with E-state index in [1.54, 1.807) is 42.6 Å². The number of amides is 1. The number of nitrogens with zero attached hydrogens (tertiary/aromatic N) is 2. The first kappa shape index (κ1) is 19.8.